The molecule has 2 aromatic heterocycles. The van der Waals surface area contributed by atoms with Crippen LogP contribution < -0.4 is 20.3 Å². The van der Waals surface area contributed by atoms with Crippen LogP contribution in [0.5, 0.6) is 5.75 Å². The molecule has 0 amide bonds. The van der Waals surface area contributed by atoms with Crippen molar-refractivity contribution in [1.82, 2.24) is 20.1 Å². The van der Waals surface area contributed by atoms with Crippen LogP contribution >= 0.6 is 11.6 Å². The summed E-state index contributed by atoms with van der Waals surface area (Å²) in [6.07, 6.45) is 9.90. The third kappa shape index (κ3) is 7.29. The molecular weight excluding hydrogens is 497 g/mol. The van der Waals surface area contributed by atoms with Gasteiger partial charge in [-0.15, -0.1) is 0 Å². The van der Waals surface area contributed by atoms with E-state index >= 15 is 0 Å². The molecule has 2 fully saturated rings. The van der Waals surface area contributed by atoms with Crippen molar-refractivity contribution in [2.24, 2.45) is 17.6 Å². The van der Waals surface area contributed by atoms with Crippen LogP contribution in [-0.4, -0.2) is 58.9 Å². The van der Waals surface area contributed by atoms with Gasteiger partial charge in [-0.2, -0.15) is 4.98 Å². The van der Waals surface area contributed by atoms with Crippen molar-refractivity contribution in [3.63, 3.8) is 0 Å². The summed E-state index contributed by atoms with van der Waals surface area (Å²) in [5.41, 5.74) is 6.27. The Morgan fingerprint density at radius 3 is 2.65 bits per heavy atom. The predicted molar refractivity (Wildman–Crippen MR) is 142 cm³/mol. The molecule has 0 bridgehead atoms. The molecule has 0 saturated carbocycles. The summed E-state index contributed by atoms with van der Waals surface area (Å²) in [4.78, 5) is 17.5. The third-order valence-corrected chi connectivity index (χ3v) is 6.97. The summed E-state index contributed by atoms with van der Waals surface area (Å²) in [7, 11) is 0. The van der Waals surface area contributed by atoms with Gasteiger partial charge in [0.25, 0.3) is 0 Å². The number of allylic oxidation sites excluding steroid dienone is 5. The number of hydrogen-bond acceptors (Lipinski definition) is 9. The van der Waals surface area contributed by atoms with E-state index in [1.54, 1.807) is 18.5 Å². The van der Waals surface area contributed by atoms with Gasteiger partial charge < -0.3 is 24.8 Å². The predicted octanol–water partition coefficient (Wildman–Crippen LogP) is 4.59. The van der Waals surface area contributed by atoms with Crippen molar-refractivity contribution in [1.29, 1.82) is 0 Å². The first-order chi connectivity index (χ1) is 17.8. The highest BCUT2D eigenvalue weighted by Gasteiger charge is 2.32. The average Bonchev–Trinajstić information content (AvgIpc) is 3.51. The van der Waals surface area contributed by atoms with E-state index in [4.69, 9.17) is 26.6 Å². The van der Waals surface area contributed by atoms with Gasteiger partial charge in [-0.3, -0.25) is 0 Å². The lowest BCUT2D eigenvalue weighted by Gasteiger charge is -2.30. The van der Waals surface area contributed by atoms with Gasteiger partial charge in [-0.05, 0) is 36.8 Å². The Labute approximate surface area is 222 Å². The molecule has 0 aliphatic carbocycles. The highest BCUT2D eigenvalue weighted by atomic mass is 35.5. The van der Waals surface area contributed by atoms with Crippen LogP contribution in [0.1, 0.15) is 44.9 Å². The molecule has 37 heavy (non-hydrogen) atoms. The molecule has 11 heteroatoms. The van der Waals surface area contributed by atoms with Crippen LogP contribution in [0, 0.1) is 11.8 Å². The molecule has 0 spiro atoms. The Morgan fingerprint density at radius 2 is 2.00 bits per heavy atom. The highest BCUT2D eigenvalue weighted by Crippen LogP contribution is 2.28. The molecule has 200 valence electrons. The molecule has 0 radical (unpaired) electrons. The van der Waals surface area contributed by atoms with Crippen LogP contribution in [-0.2, 0) is 0 Å². The summed E-state index contributed by atoms with van der Waals surface area (Å²) >= 11 is 5.94. The Balaban J connectivity index is 1.22. The average molecular weight is 532 g/mol. The maximum atomic E-state index is 14.3. The number of nitrogens with zero attached hydrogens (tertiary/aromatic N) is 6. The number of halogens is 2. The second-order valence-corrected chi connectivity index (χ2v) is 10.4. The van der Waals surface area contributed by atoms with Crippen molar-refractivity contribution < 1.29 is 13.7 Å². The van der Waals surface area contributed by atoms with Crippen molar-refractivity contribution in [3.05, 3.63) is 53.9 Å². The van der Waals surface area contributed by atoms with Gasteiger partial charge in [0.15, 0.2) is 11.6 Å². The smallest absolute Gasteiger partial charge is 0.324 e. The van der Waals surface area contributed by atoms with Crippen LogP contribution in [0.2, 0.25) is 0 Å². The molecule has 2 atom stereocenters. The molecule has 0 aromatic carbocycles. The van der Waals surface area contributed by atoms with Crippen molar-refractivity contribution >= 4 is 23.6 Å². The Bertz CT molecular complexity index is 1100. The van der Waals surface area contributed by atoms with E-state index in [0.29, 0.717) is 48.4 Å². The molecule has 2 aromatic rings. The molecule has 4 heterocycles. The van der Waals surface area contributed by atoms with E-state index in [0.717, 1.165) is 31.8 Å². The monoisotopic (exact) mass is 531 g/mol. The van der Waals surface area contributed by atoms with Crippen molar-refractivity contribution in [2.75, 3.05) is 42.6 Å². The highest BCUT2D eigenvalue weighted by molar-refractivity contribution is 6.31. The molecule has 9 nitrogen and oxygen atoms in total. The van der Waals surface area contributed by atoms with E-state index < -0.39 is 0 Å². The minimum absolute atomic E-state index is 0.0565. The van der Waals surface area contributed by atoms with Gasteiger partial charge in [0.1, 0.15) is 5.83 Å². The number of hydrogen-bond donors (Lipinski definition) is 1. The second kappa shape index (κ2) is 12.5. The van der Waals surface area contributed by atoms with Gasteiger partial charge in [-0.25, -0.2) is 14.4 Å². The number of ether oxygens (including phenoxy) is 1. The number of aromatic nitrogens is 4. The zero-order valence-corrected chi connectivity index (χ0v) is 22.1. The zero-order chi connectivity index (χ0) is 26.4. The normalized spacial score (nSPS) is 21.7. The summed E-state index contributed by atoms with van der Waals surface area (Å²) in [5, 5.41) is 4.35. The molecule has 2 N–H and O–H groups in total. The lowest BCUT2D eigenvalue weighted by Crippen LogP contribution is -2.35. The Kier molecular flexibility index (Phi) is 9.15. The first-order valence-corrected chi connectivity index (χ1v) is 13.1. The summed E-state index contributed by atoms with van der Waals surface area (Å²) < 4.78 is 25.7. The number of nitrogens with two attached hydrogens (primary N) is 1. The SMILES string of the molecule is C=C/C=C(Cl)\C=C(\F)C[C@H]1CN(c2ncc(OCC3CCN(c4nc(C(C)C)no4)CC3)cn2)C[C@@H]1N. The quantitative estimate of drug-likeness (QED) is 0.440. The zero-order valence-electron chi connectivity index (χ0n) is 21.4. The van der Waals surface area contributed by atoms with Gasteiger partial charge in [-0.1, -0.05) is 43.3 Å². The molecule has 0 unspecified atom stereocenters. The van der Waals surface area contributed by atoms with E-state index in [-0.39, 0.29) is 30.1 Å². The second-order valence-electron chi connectivity index (χ2n) is 9.96. The van der Waals surface area contributed by atoms with Crippen LogP contribution in [0.15, 0.2) is 52.6 Å². The van der Waals surface area contributed by atoms with E-state index in [1.165, 1.54) is 12.2 Å². The number of rotatable bonds is 10. The van der Waals surface area contributed by atoms with Crippen molar-refractivity contribution in [3.8, 4) is 5.75 Å². The minimum atomic E-state index is -0.307. The van der Waals surface area contributed by atoms with E-state index in [2.05, 4.69) is 31.6 Å². The fraction of sp³-hybridized carbons (Fsp3) is 0.538. The summed E-state index contributed by atoms with van der Waals surface area (Å²) in [6, 6.07) is 0.416. The minimum Gasteiger partial charge on any atom is -0.490 e. The molecule has 2 aliphatic rings. The maximum Gasteiger partial charge on any atom is 0.324 e. The lowest BCUT2D eigenvalue weighted by atomic mass is 9.98. The summed E-state index contributed by atoms with van der Waals surface area (Å²) in [6.45, 7) is 11.1. The first kappa shape index (κ1) is 27.1. The molecule has 2 aliphatic heterocycles. The lowest BCUT2D eigenvalue weighted by molar-refractivity contribution is 0.219. The standard InChI is InChI=1S/C26H35ClFN7O2/c1-4-5-20(27)11-21(28)10-19-14-35(15-23(19)29)25-30-12-22(13-31-25)36-16-18-6-8-34(9-7-18)26-32-24(17(2)3)33-37-26/h4-5,11-13,17-19,23H,1,6-10,14-16,29H2,2-3H3/b20-5+,21-11+/t19-,23-/m0/s1. The fourth-order valence-electron chi connectivity index (χ4n) is 4.54. The Morgan fingerprint density at radius 1 is 1.27 bits per heavy atom. The number of anilines is 2. The number of piperidine rings is 1. The Hall–Kier alpha value is -2.98. The molecular formula is C26H35ClFN7O2. The molecule has 4 rings (SSSR count). The van der Waals surface area contributed by atoms with Gasteiger partial charge in [0, 0.05) is 49.6 Å². The summed E-state index contributed by atoms with van der Waals surface area (Å²) in [5.74, 6) is 2.24. The first-order valence-electron chi connectivity index (χ1n) is 12.7. The topological polar surface area (TPSA) is 106 Å². The third-order valence-electron chi connectivity index (χ3n) is 6.74. The van der Waals surface area contributed by atoms with Crippen LogP contribution in [0.4, 0.5) is 16.4 Å². The molecule has 2 saturated heterocycles. The van der Waals surface area contributed by atoms with Crippen molar-refractivity contribution in [2.45, 2.75) is 45.1 Å². The van der Waals surface area contributed by atoms with E-state index in [1.807, 2.05) is 18.7 Å². The fourth-order valence-corrected chi connectivity index (χ4v) is 4.74. The van der Waals surface area contributed by atoms with Gasteiger partial charge >= 0.3 is 6.01 Å². The maximum absolute atomic E-state index is 14.3. The van der Waals surface area contributed by atoms with Crippen LogP contribution in [0.3, 0.4) is 0 Å². The van der Waals surface area contributed by atoms with Gasteiger partial charge in [0.2, 0.25) is 5.95 Å². The van der Waals surface area contributed by atoms with E-state index in [9.17, 15) is 4.39 Å². The largest absolute Gasteiger partial charge is 0.490 e. The van der Waals surface area contributed by atoms with Gasteiger partial charge in [0.05, 0.1) is 19.0 Å². The van der Waals surface area contributed by atoms with Crippen LogP contribution in [0.25, 0.3) is 0 Å².